The van der Waals surface area contributed by atoms with Gasteiger partial charge in [0.2, 0.25) is 15.9 Å². The highest BCUT2D eigenvalue weighted by Crippen LogP contribution is 2.21. The van der Waals surface area contributed by atoms with Crippen LogP contribution in [0, 0.1) is 5.92 Å². The van der Waals surface area contributed by atoms with E-state index < -0.39 is 10.0 Å². The Labute approximate surface area is 151 Å². The van der Waals surface area contributed by atoms with Gasteiger partial charge in [0.1, 0.15) is 0 Å². The molecule has 140 valence electrons. The molecule has 0 saturated carbocycles. The first-order chi connectivity index (χ1) is 11.8. The smallest absolute Gasteiger partial charge is 0.243 e. The molecule has 0 spiro atoms. The summed E-state index contributed by atoms with van der Waals surface area (Å²) >= 11 is 0. The highest BCUT2D eigenvalue weighted by molar-refractivity contribution is 7.89. The molecule has 1 atom stereocenters. The van der Waals surface area contributed by atoms with Gasteiger partial charge in [0, 0.05) is 38.6 Å². The maximum Gasteiger partial charge on any atom is 0.243 e. The molecular formula is C18H29N3O3S. The van der Waals surface area contributed by atoms with Crippen LogP contribution in [0.5, 0.6) is 0 Å². The molecule has 0 aromatic heterocycles. The van der Waals surface area contributed by atoms with Crippen LogP contribution in [0.15, 0.2) is 29.2 Å². The lowest BCUT2D eigenvalue weighted by molar-refractivity contribution is -0.136. The Morgan fingerprint density at radius 2 is 1.64 bits per heavy atom. The Balaban J connectivity index is 2.02. The van der Waals surface area contributed by atoms with Gasteiger partial charge in [-0.25, -0.2) is 8.42 Å². The second kappa shape index (κ2) is 8.29. The summed E-state index contributed by atoms with van der Waals surface area (Å²) in [4.78, 5) is 14.4. The fourth-order valence-corrected chi connectivity index (χ4v) is 4.45. The first-order valence-corrected chi connectivity index (χ1v) is 10.2. The predicted octanol–water partition coefficient (Wildman–Crippen LogP) is 1.50. The quantitative estimate of drug-likeness (QED) is 0.827. The number of nitrogens with zero attached hydrogens (tertiary/aromatic N) is 2. The van der Waals surface area contributed by atoms with Crippen molar-refractivity contribution in [3.05, 3.63) is 29.8 Å². The van der Waals surface area contributed by atoms with E-state index in [-0.39, 0.29) is 11.8 Å². The third kappa shape index (κ3) is 4.59. The van der Waals surface area contributed by atoms with Crippen molar-refractivity contribution in [2.45, 2.75) is 31.6 Å². The number of benzene rings is 1. The van der Waals surface area contributed by atoms with E-state index in [4.69, 9.17) is 0 Å². The minimum Gasteiger partial charge on any atom is -0.340 e. The fourth-order valence-electron chi connectivity index (χ4n) is 3.03. The predicted molar refractivity (Wildman–Crippen MR) is 99.0 cm³/mol. The monoisotopic (exact) mass is 367 g/mol. The molecule has 1 fully saturated rings. The van der Waals surface area contributed by atoms with Gasteiger partial charge in [-0.2, -0.15) is 4.31 Å². The van der Waals surface area contributed by atoms with Gasteiger partial charge >= 0.3 is 0 Å². The van der Waals surface area contributed by atoms with Crippen LogP contribution in [0.2, 0.25) is 0 Å². The van der Waals surface area contributed by atoms with Crippen molar-refractivity contribution in [3.63, 3.8) is 0 Å². The maximum absolute atomic E-state index is 12.8. The van der Waals surface area contributed by atoms with Crippen LogP contribution in [0.25, 0.3) is 0 Å². The van der Waals surface area contributed by atoms with Gasteiger partial charge < -0.3 is 10.2 Å². The molecule has 1 aliphatic heterocycles. The topological polar surface area (TPSA) is 69.7 Å². The van der Waals surface area contributed by atoms with Crippen LogP contribution in [-0.2, 0) is 14.8 Å². The number of hydrogen-bond donors (Lipinski definition) is 1. The van der Waals surface area contributed by atoms with Crippen molar-refractivity contribution in [1.82, 2.24) is 14.5 Å². The number of sulfonamides is 1. The Morgan fingerprint density at radius 1 is 1.08 bits per heavy atom. The van der Waals surface area contributed by atoms with Crippen molar-refractivity contribution in [2.24, 2.45) is 5.92 Å². The molecule has 1 saturated heterocycles. The van der Waals surface area contributed by atoms with Gasteiger partial charge in [0.05, 0.1) is 4.90 Å². The Hall–Kier alpha value is -1.44. The van der Waals surface area contributed by atoms with Gasteiger partial charge in [-0.15, -0.1) is 0 Å². The lowest BCUT2D eigenvalue weighted by Crippen LogP contribution is -2.52. The molecular weight excluding hydrogens is 338 g/mol. The van der Waals surface area contributed by atoms with Crippen LogP contribution >= 0.6 is 0 Å². The molecule has 1 N–H and O–H groups in total. The minimum absolute atomic E-state index is 0.0766. The van der Waals surface area contributed by atoms with Crippen LogP contribution in [0.1, 0.15) is 32.3 Å². The standard InChI is InChI=1S/C18H29N3O3S/c1-14(2)16-5-7-17(8-6-16)25(23,24)21-11-9-20(10-12-21)18(22)15(3)13-19-4/h5-8,14-15,19H,9-13H2,1-4H3. The van der Waals surface area contributed by atoms with E-state index in [0.717, 1.165) is 5.56 Å². The number of nitrogens with one attached hydrogen (secondary N) is 1. The highest BCUT2D eigenvalue weighted by Gasteiger charge is 2.31. The van der Waals surface area contributed by atoms with Gasteiger partial charge in [-0.05, 0) is 30.7 Å². The van der Waals surface area contributed by atoms with Crippen LogP contribution < -0.4 is 5.32 Å². The second-order valence-electron chi connectivity index (χ2n) is 6.91. The van der Waals surface area contributed by atoms with Crippen molar-refractivity contribution >= 4 is 15.9 Å². The molecule has 1 unspecified atom stereocenters. The molecule has 1 aromatic carbocycles. The van der Waals surface area contributed by atoms with E-state index >= 15 is 0 Å². The molecule has 0 radical (unpaired) electrons. The summed E-state index contributed by atoms with van der Waals surface area (Å²) in [5.74, 6) is 0.343. The first kappa shape index (κ1) is 19.9. The third-order valence-corrected chi connectivity index (χ3v) is 6.58. The van der Waals surface area contributed by atoms with Gasteiger partial charge in [-0.3, -0.25) is 4.79 Å². The summed E-state index contributed by atoms with van der Waals surface area (Å²) in [5, 5.41) is 3.00. The van der Waals surface area contributed by atoms with E-state index in [2.05, 4.69) is 19.2 Å². The molecule has 1 amide bonds. The van der Waals surface area contributed by atoms with Crippen LogP contribution in [0.3, 0.4) is 0 Å². The Kier molecular flexibility index (Phi) is 6.59. The molecule has 1 heterocycles. The second-order valence-corrected chi connectivity index (χ2v) is 8.85. The molecule has 25 heavy (non-hydrogen) atoms. The van der Waals surface area contributed by atoms with E-state index in [1.807, 2.05) is 26.1 Å². The van der Waals surface area contributed by atoms with E-state index in [9.17, 15) is 13.2 Å². The lowest BCUT2D eigenvalue weighted by Gasteiger charge is -2.35. The summed E-state index contributed by atoms with van der Waals surface area (Å²) < 4.78 is 27.1. The van der Waals surface area contributed by atoms with Gasteiger partial charge in [0.15, 0.2) is 0 Å². The molecule has 2 rings (SSSR count). The third-order valence-electron chi connectivity index (χ3n) is 4.67. The molecule has 1 aliphatic rings. The van der Waals surface area contributed by atoms with Gasteiger partial charge in [0.25, 0.3) is 0 Å². The summed E-state index contributed by atoms with van der Waals surface area (Å²) in [6.45, 7) is 8.23. The van der Waals surface area contributed by atoms with Crippen molar-refractivity contribution in [2.75, 3.05) is 39.8 Å². The van der Waals surface area contributed by atoms with Crippen LogP contribution in [-0.4, -0.2) is 63.3 Å². The summed E-state index contributed by atoms with van der Waals surface area (Å²) in [6, 6.07) is 7.10. The number of carbonyl (C=O) groups excluding carboxylic acids is 1. The average molecular weight is 368 g/mol. The maximum atomic E-state index is 12.8. The average Bonchev–Trinajstić information content (AvgIpc) is 2.61. The zero-order chi connectivity index (χ0) is 18.6. The number of piperazine rings is 1. The number of rotatable bonds is 6. The molecule has 0 aliphatic carbocycles. The van der Waals surface area contributed by atoms with Crippen LogP contribution in [0.4, 0.5) is 0 Å². The zero-order valence-electron chi connectivity index (χ0n) is 15.5. The largest absolute Gasteiger partial charge is 0.340 e. The molecule has 6 nitrogen and oxygen atoms in total. The summed E-state index contributed by atoms with van der Waals surface area (Å²) in [5.41, 5.74) is 1.12. The molecule has 7 heteroatoms. The molecule has 0 bridgehead atoms. The van der Waals surface area contributed by atoms with Gasteiger partial charge in [-0.1, -0.05) is 32.9 Å². The lowest BCUT2D eigenvalue weighted by atomic mass is 10.0. The number of carbonyl (C=O) groups is 1. The van der Waals surface area contributed by atoms with E-state index in [1.165, 1.54) is 4.31 Å². The first-order valence-electron chi connectivity index (χ1n) is 8.81. The molecule has 1 aromatic rings. The number of hydrogen-bond acceptors (Lipinski definition) is 4. The zero-order valence-corrected chi connectivity index (χ0v) is 16.3. The van der Waals surface area contributed by atoms with E-state index in [1.54, 1.807) is 17.0 Å². The van der Waals surface area contributed by atoms with Crippen molar-refractivity contribution in [3.8, 4) is 0 Å². The van der Waals surface area contributed by atoms with Crippen molar-refractivity contribution < 1.29 is 13.2 Å². The minimum atomic E-state index is -3.50. The normalized spacial score (nSPS) is 17.7. The van der Waals surface area contributed by atoms with E-state index in [0.29, 0.717) is 43.5 Å². The number of amides is 1. The SMILES string of the molecule is CNCC(C)C(=O)N1CCN(S(=O)(=O)c2ccc(C(C)C)cc2)CC1. The highest BCUT2D eigenvalue weighted by atomic mass is 32.2. The summed E-state index contributed by atoms with van der Waals surface area (Å²) in [7, 11) is -1.68. The Bertz CT molecular complexity index is 678. The fraction of sp³-hybridized carbons (Fsp3) is 0.611. The van der Waals surface area contributed by atoms with Crippen molar-refractivity contribution in [1.29, 1.82) is 0 Å². The summed E-state index contributed by atoms with van der Waals surface area (Å²) in [6.07, 6.45) is 0. The Morgan fingerprint density at radius 3 is 2.12 bits per heavy atom.